The van der Waals surface area contributed by atoms with Crippen LogP contribution < -0.4 is 10.5 Å². The van der Waals surface area contributed by atoms with E-state index >= 15 is 0 Å². The van der Waals surface area contributed by atoms with Gasteiger partial charge in [-0.15, -0.1) is 0 Å². The molecule has 2 N–H and O–H groups in total. The molecule has 0 spiro atoms. The minimum Gasteiger partial charge on any atom is -0.497 e. The van der Waals surface area contributed by atoms with E-state index in [-0.39, 0.29) is 16.3 Å². The summed E-state index contributed by atoms with van der Waals surface area (Å²) in [6, 6.07) is 14.9. The van der Waals surface area contributed by atoms with Crippen LogP contribution in [0.5, 0.6) is 5.75 Å². The lowest BCUT2D eigenvalue weighted by atomic mass is 10.1. The van der Waals surface area contributed by atoms with Crippen LogP contribution in [0.25, 0.3) is 0 Å². The molecule has 0 amide bonds. The molecule has 0 saturated carbocycles. The lowest BCUT2D eigenvalue weighted by Crippen LogP contribution is -2.16. The van der Waals surface area contributed by atoms with Crippen LogP contribution in [0, 0.1) is 0 Å². The van der Waals surface area contributed by atoms with E-state index in [9.17, 15) is 13.2 Å². The first-order valence-corrected chi connectivity index (χ1v) is 9.71. The Labute approximate surface area is 162 Å². The molecule has 9 heteroatoms. The molecular weight excluding hydrogens is 382 g/mol. The Morgan fingerprint density at radius 1 is 1.11 bits per heavy atom. The van der Waals surface area contributed by atoms with Gasteiger partial charge in [-0.05, 0) is 29.8 Å². The second kappa shape index (κ2) is 7.73. The van der Waals surface area contributed by atoms with Crippen LogP contribution in [0.2, 0.25) is 0 Å². The number of rotatable bonds is 6. The molecule has 0 bridgehead atoms. The van der Waals surface area contributed by atoms with E-state index in [4.69, 9.17) is 14.7 Å². The maximum Gasteiger partial charge on any atom is 0.359 e. The highest BCUT2D eigenvalue weighted by Gasteiger charge is 2.28. The summed E-state index contributed by atoms with van der Waals surface area (Å²) in [5.74, 6) is -0.692. The molecule has 3 rings (SSSR count). The highest BCUT2D eigenvalue weighted by molar-refractivity contribution is 7.87. The summed E-state index contributed by atoms with van der Waals surface area (Å²) in [6.07, 6.45) is 0.342. The molecule has 0 unspecified atom stereocenters. The number of carbonyl (C=O) groups is 1. The number of nitrogens with zero attached hydrogens (tertiary/aromatic N) is 2. The van der Waals surface area contributed by atoms with E-state index < -0.39 is 16.1 Å². The largest absolute Gasteiger partial charge is 0.497 e. The molecule has 0 saturated heterocycles. The minimum atomic E-state index is -4.33. The fourth-order valence-electron chi connectivity index (χ4n) is 2.73. The highest BCUT2D eigenvalue weighted by atomic mass is 32.2. The minimum absolute atomic E-state index is 0.0663. The van der Waals surface area contributed by atoms with Crippen LogP contribution in [-0.2, 0) is 27.8 Å². The molecular formula is C19H19N3O5S. The molecule has 3 aromatic rings. The number of aryl methyl sites for hydroxylation is 1. The Hall–Kier alpha value is -3.33. The first kappa shape index (κ1) is 19.4. The van der Waals surface area contributed by atoms with Crippen LogP contribution >= 0.6 is 0 Å². The van der Waals surface area contributed by atoms with Gasteiger partial charge in [0.2, 0.25) is 0 Å². The predicted octanol–water partition coefficient (Wildman–Crippen LogP) is 2.15. The monoisotopic (exact) mass is 401 g/mol. The third-order valence-electron chi connectivity index (χ3n) is 4.15. The Bertz CT molecular complexity index is 1090. The molecule has 146 valence electrons. The maximum atomic E-state index is 12.6. The van der Waals surface area contributed by atoms with Crippen molar-refractivity contribution in [3.63, 3.8) is 0 Å². The van der Waals surface area contributed by atoms with Crippen molar-refractivity contribution in [2.45, 2.75) is 11.3 Å². The zero-order valence-corrected chi connectivity index (χ0v) is 16.1. The van der Waals surface area contributed by atoms with Crippen LogP contribution in [0.1, 0.15) is 21.6 Å². The molecule has 0 radical (unpaired) electrons. The first-order chi connectivity index (χ1) is 13.3. The predicted molar refractivity (Wildman–Crippen MR) is 102 cm³/mol. The number of hydrogen-bond donors (Lipinski definition) is 1. The fraction of sp³-hybridized carbons (Fsp3) is 0.158. The molecule has 0 fully saturated rings. The molecule has 0 atom stereocenters. The van der Waals surface area contributed by atoms with Gasteiger partial charge in [-0.25, -0.2) is 4.79 Å². The van der Waals surface area contributed by atoms with Gasteiger partial charge in [0.05, 0.1) is 12.8 Å². The maximum absolute atomic E-state index is 12.6. The van der Waals surface area contributed by atoms with Crippen molar-refractivity contribution in [1.29, 1.82) is 0 Å². The number of ether oxygens (including phenoxy) is 1. The molecule has 0 aliphatic carbocycles. The quantitative estimate of drug-likeness (QED) is 0.630. The van der Waals surface area contributed by atoms with Crippen LogP contribution in [0.15, 0.2) is 59.5 Å². The zero-order valence-electron chi connectivity index (χ0n) is 15.3. The molecule has 28 heavy (non-hydrogen) atoms. The van der Waals surface area contributed by atoms with E-state index in [2.05, 4.69) is 5.10 Å². The topological polar surface area (TPSA) is 114 Å². The standard InChI is InChI=1S/C19H19N3O5S/c1-22-16(12-13-6-4-3-5-7-13)17(18(20)21-22)19(23)27-28(24,25)15-10-8-14(26-2)9-11-15/h3-11H,12H2,1-2H3,(H2,20,21). The van der Waals surface area contributed by atoms with Gasteiger partial charge in [-0.1, -0.05) is 30.3 Å². The number of anilines is 1. The molecule has 1 heterocycles. The molecule has 8 nitrogen and oxygen atoms in total. The molecule has 0 aliphatic heterocycles. The lowest BCUT2D eigenvalue weighted by molar-refractivity contribution is 0.0746. The smallest absolute Gasteiger partial charge is 0.359 e. The SMILES string of the molecule is COc1ccc(S(=O)(=O)OC(=O)c2c(N)nn(C)c2Cc2ccccc2)cc1. The van der Waals surface area contributed by atoms with Crippen LogP contribution in [0.4, 0.5) is 5.82 Å². The van der Waals surface area contributed by atoms with Crippen molar-refractivity contribution < 1.29 is 22.1 Å². The van der Waals surface area contributed by atoms with Gasteiger partial charge < -0.3 is 14.7 Å². The fourth-order valence-corrected chi connectivity index (χ4v) is 3.58. The van der Waals surface area contributed by atoms with Gasteiger partial charge in [0.25, 0.3) is 0 Å². The number of carbonyl (C=O) groups excluding carboxylic acids is 1. The van der Waals surface area contributed by atoms with Gasteiger partial charge in [-0.2, -0.15) is 13.5 Å². The van der Waals surface area contributed by atoms with Gasteiger partial charge >= 0.3 is 16.1 Å². The number of aromatic nitrogens is 2. The highest BCUT2D eigenvalue weighted by Crippen LogP contribution is 2.24. The summed E-state index contributed by atoms with van der Waals surface area (Å²) in [5, 5.41) is 4.04. The first-order valence-electron chi connectivity index (χ1n) is 8.30. The van der Waals surface area contributed by atoms with E-state index in [0.717, 1.165) is 5.56 Å². The number of hydrogen-bond acceptors (Lipinski definition) is 7. The van der Waals surface area contributed by atoms with Crippen molar-refractivity contribution in [3.05, 3.63) is 71.4 Å². The summed E-state index contributed by atoms with van der Waals surface area (Å²) < 4.78 is 36.2. The summed E-state index contributed by atoms with van der Waals surface area (Å²) >= 11 is 0. The summed E-state index contributed by atoms with van der Waals surface area (Å²) in [7, 11) is -1.24. The van der Waals surface area contributed by atoms with Gasteiger partial charge in [0.15, 0.2) is 5.82 Å². The number of benzene rings is 2. The number of nitrogens with two attached hydrogens (primary N) is 1. The van der Waals surface area contributed by atoms with Gasteiger partial charge in [0.1, 0.15) is 16.2 Å². The van der Waals surface area contributed by atoms with E-state index in [1.54, 1.807) is 7.05 Å². The average Bonchev–Trinajstić information content (AvgIpc) is 2.95. The van der Waals surface area contributed by atoms with Crippen molar-refractivity contribution in [3.8, 4) is 5.75 Å². The Morgan fingerprint density at radius 2 is 1.75 bits per heavy atom. The Balaban J connectivity index is 1.89. The van der Waals surface area contributed by atoms with Crippen molar-refractivity contribution in [1.82, 2.24) is 9.78 Å². The number of methoxy groups -OCH3 is 1. The second-order valence-corrected chi connectivity index (χ2v) is 7.54. The van der Waals surface area contributed by atoms with E-state index in [1.807, 2.05) is 30.3 Å². The van der Waals surface area contributed by atoms with Crippen molar-refractivity contribution >= 4 is 21.9 Å². The molecule has 2 aromatic carbocycles. The summed E-state index contributed by atoms with van der Waals surface area (Å²) in [5.41, 5.74) is 7.15. The normalized spacial score (nSPS) is 11.2. The van der Waals surface area contributed by atoms with Gasteiger partial charge in [-0.3, -0.25) is 4.68 Å². The van der Waals surface area contributed by atoms with Crippen molar-refractivity contribution in [2.24, 2.45) is 7.05 Å². The van der Waals surface area contributed by atoms with Crippen molar-refractivity contribution in [2.75, 3.05) is 12.8 Å². The van der Waals surface area contributed by atoms with Crippen LogP contribution in [-0.4, -0.2) is 31.3 Å². The van der Waals surface area contributed by atoms with Gasteiger partial charge in [0, 0.05) is 13.5 Å². The molecule has 0 aliphatic rings. The van der Waals surface area contributed by atoms with Crippen LogP contribution in [0.3, 0.4) is 0 Å². The Kier molecular flexibility index (Phi) is 5.36. The lowest BCUT2D eigenvalue weighted by Gasteiger charge is -2.08. The zero-order chi connectivity index (χ0) is 20.3. The molecule has 1 aromatic heterocycles. The van der Waals surface area contributed by atoms with E-state index in [0.29, 0.717) is 17.9 Å². The Morgan fingerprint density at radius 3 is 2.36 bits per heavy atom. The summed E-state index contributed by atoms with van der Waals surface area (Å²) in [6.45, 7) is 0. The third kappa shape index (κ3) is 3.99. The van der Waals surface area contributed by atoms with E-state index in [1.165, 1.54) is 36.1 Å². The summed E-state index contributed by atoms with van der Waals surface area (Å²) in [4.78, 5) is 12.5. The second-order valence-electron chi connectivity index (χ2n) is 5.99. The number of nitrogen functional groups attached to an aromatic ring is 1. The average molecular weight is 401 g/mol. The third-order valence-corrected chi connectivity index (χ3v) is 5.37.